The van der Waals surface area contributed by atoms with E-state index in [1.54, 1.807) is 53.6 Å². The lowest BCUT2D eigenvalue weighted by Gasteiger charge is -2.12. The average Bonchev–Trinajstić information content (AvgIpc) is 3.39. The highest BCUT2D eigenvalue weighted by atomic mass is 19.1. The zero-order valence-corrected chi connectivity index (χ0v) is 16.1. The second-order valence-electron chi connectivity index (χ2n) is 7.02. The second-order valence-corrected chi connectivity index (χ2v) is 7.02. The fourth-order valence-electron chi connectivity index (χ4n) is 3.53. The highest BCUT2D eigenvalue weighted by molar-refractivity contribution is 5.75. The van der Waals surface area contributed by atoms with Crippen molar-refractivity contribution in [3.8, 4) is 22.3 Å². The maximum absolute atomic E-state index is 15.5. The van der Waals surface area contributed by atoms with Crippen molar-refractivity contribution in [3.05, 3.63) is 84.8 Å². The van der Waals surface area contributed by atoms with E-state index in [0.717, 1.165) is 5.56 Å². The number of nitrogens with zero attached hydrogens (tertiary/aromatic N) is 6. The van der Waals surface area contributed by atoms with E-state index in [-0.39, 0.29) is 17.8 Å². The summed E-state index contributed by atoms with van der Waals surface area (Å²) in [4.78, 5) is 8.20. The van der Waals surface area contributed by atoms with Crippen molar-refractivity contribution in [1.29, 1.82) is 0 Å². The fourth-order valence-corrected chi connectivity index (χ4v) is 3.53. The van der Waals surface area contributed by atoms with Crippen LogP contribution in [0, 0.1) is 5.82 Å². The molecule has 0 aliphatic heterocycles. The molecule has 1 unspecified atom stereocenters. The van der Waals surface area contributed by atoms with E-state index in [1.807, 2.05) is 36.0 Å². The molecule has 1 aromatic carbocycles. The van der Waals surface area contributed by atoms with Gasteiger partial charge in [0.25, 0.3) is 0 Å². The largest absolute Gasteiger partial charge is 0.366 e. The Morgan fingerprint density at radius 2 is 1.80 bits per heavy atom. The van der Waals surface area contributed by atoms with E-state index >= 15 is 4.39 Å². The molecule has 0 fully saturated rings. The van der Waals surface area contributed by atoms with Gasteiger partial charge < -0.3 is 5.73 Å². The smallest absolute Gasteiger partial charge is 0.240 e. The highest BCUT2D eigenvalue weighted by Gasteiger charge is 2.16. The van der Waals surface area contributed by atoms with Gasteiger partial charge in [-0.3, -0.25) is 9.67 Å². The minimum Gasteiger partial charge on any atom is -0.366 e. The summed E-state index contributed by atoms with van der Waals surface area (Å²) in [6.07, 6.45) is 8.75. The Bertz CT molecular complexity index is 1340. The van der Waals surface area contributed by atoms with Crippen LogP contribution in [0.5, 0.6) is 0 Å². The number of halogens is 1. The molecule has 4 aromatic heterocycles. The molecule has 0 amide bonds. The van der Waals surface area contributed by atoms with Gasteiger partial charge >= 0.3 is 0 Å². The van der Waals surface area contributed by atoms with Crippen LogP contribution in [-0.2, 0) is 0 Å². The molecule has 1 atom stereocenters. The SMILES string of the molecule is CC(c1ccncc1)n1cc(-c2cccc(-c3ccn4nc(N)nc4c3)c2F)cn1. The van der Waals surface area contributed by atoms with Crippen LogP contribution >= 0.6 is 0 Å². The van der Waals surface area contributed by atoms with Gasteiger partial charge in [-0.1, -0.05) is 18.2 Å². The minimum absolute atomic E-state index is 0.00815. The number of hydrogen-bond acceptors (Lipinski definition) is 5. The quantitative estimate of drug-likeness (QED) is 0.494. The Hall–Kier alpha value is -4.07. The zero-order valence-electron chi connectivity index (χ0n) is 16.1. The van der Waals surface area contributed by atoms with Crippen molar-refractivity contribution in [2.24, 2.45) is 0 Å². The van der Waals surface area contributed by atoms with Gasteiger partial charge in [-0.25, -0.2) is 8.91 Å². The van der Waals surface area contributed by atoms with Gasteiger partial charge in [0.2, 0.25) is 5.95 Å². The van der Waals surface area contributed by atoms with Crippen LogP contribution in [0.1, 0.15) is 18.5 Å². The number of nitrogens with two attached hydrogens (primary N) is 1. The first-order valence-electron chi connectivity index (χ1n) is 9.45. The molecule has 0 aliphatic rings. The zero-order chi connectivity index (χ0) is 20.7. The molecule has 5 aromatic rings. The summed E-state index contributed by atoms with van der Waals surface area (Å²) >= 11 is 0. The lowest BCUT2D eigenvalue weighted by Crippen LogP contribution is -2.06. The molecule has 0 saturated heterocycles. The fraction of sp³-hybridized carbons (Fsp3) is 0.0909. The molecule has 0 radical (unpaired) electrons. The Morgan fingerprint density at radius 1 is 1.03 bits per heavy atom. The lowest BCUT2D eigenvalue weighted by atomic mass is 10.0. The number of benzene rings is 1. The number of aromatic nitrogens is 6. The van der Waals surface area contributed by atoms with Crippen LogP contribution in [0.25, 0.3) is 27.9 Å². The van der Waals surface area contributed by atoms with Crippen LogP contribution in [0.3, 0.4) is 0 Å². The molecule has 0 spiro atoms. The first kappa shape index (κ1) is 18.0. The molecule has 148 valence electrons. The first-order valence-corrected chi connectivity index (χ1v) is 9.45. The predicted molar refractivity (Wildman–Crippen MR) is 112 cm³/mol. The maximum atomic E-state index is 15.5. The van der Waals surface area contributed by atoms with E-state index < -0.39 is 0 Å². The van der Waals surface area contributed by atoms with E-state index in [1.165, 1.54) is 0 Å². The molecule has 5 rings (SSSR count). The van der Waals surface area contributed by atoms with Crippen LogP contribution in [0.15, 0.2) is 73.4 Å². The van der Waals surface area contributed by atoms with Gasteiger partial charge in [0.1, 0.15) is 5.82 Å². The normalized spacial score (nSPS) is 12.3. The number of pyridine rings is 2. The summed E-state index contributed by atoms with van der Waals surface area (Å²) in [5.74, 6) is -0.137. The third-order valence-corrected chi connectivity index (χ3v) is 5.16. The highest BCUT2D eigenvalue weighted by Crippen LogP contribution is 2.32. The molecule has 2 N–H and O–H groups in total. The van der Waals surface area contributed by atoms with Crippen molar-refractivity contribution in [2.75, 3.05) is 5.73 Å². The van der Waals surface area contributed by atoms with Gasteiger partial charge in [0, 0.05) is 41.5 Å². The van der Waals surface area contributed by atoms with Crippen LogP contribution in [-0.4, -0.2) is 29.4 Å². The van der Waals surface area contributed by atoms with Crippen molar-refractivity contribution in [2.45, 2.75) is 13.0 Å². The van der Waals surface area contributed by atoms with Gasteiger partial charge in [0.15, 0.2) is 5.65 Å². The van der Waals surface area contributed by atoms with Gasteiger partial charge in [-0.05, 0) is 42.3 Å². The van der Waals surface area contributed by atoms with Crippen molar-refractivity contribution < 1.29 is 4.39 Å². The van der Waals surface area contributed by atoms with Crippen LogP contribution in [0.2, 0.25) is 0 Å². The third-order valence-electron chi connectivity index (χ3n) is 5.16. The first-order chi connectivity index (χ1) is 14.6. The number of fused-ring (bicyclic) bond motifs is 1. The topological polar surface area (TPSA) is 86.9 Å². The second kappa shape index (κ2) is 7.07. The number of hydrogen-bond donors (Lipinski definition) is 1. The van der Waals surface area contributed by atoms with Gasteiger partial charge in [0.05, 0.1) is 12.2 Å². The summed E-state index contributed by atoms with van der Waals surface area (Å²) < 4.78 is 18.9. The molecule has 30 heavy (non-hydrogen) atoms. The Labute approximate surface area is 171 Å². The standard InChI is InChI=1S/C22H18FN7/c1-14(15-5-8-25-9-6-15)30-13-17(12-26-30)19-4-2-3-18(21(19)23)16-7-10-29-20(11-16)27-22(24)28-29/h2-14H,1H3,(H2,24,28). The Balaban J connectivity index is 1.52. The molecule has 0 bridgehead atoms. The molecule has 8 heteroatoms. The maximum Gasteiger partial charge on any atom is 0.240 e. The summed E-state index contributed by atoms with van der Waals surface area (Å²) in [6.45, 7) is 2.04. The summed E-state index contributed by atoms with van der Waals surface area (Å²) in [6, 6.07) is 12.8. The molecule has 7 nitrogen and oxygen atoms in total. The third kappa shape index (κ3) is 3.08. The molecular weight excluding hydrogens is 381 g/mol. The number of rotatable bonds is 4. The molecule has 0 aliphatic carbocycles. The molecular formula is C22H18FN7. The van der Waals surface area contributed by atoms with Crippen molar-refractivity contribution >= 4 is 11.6 Å². The van der Waals surface area contributed by atoms with E-state index in [9.17, 15) is 0 Å². The van der Waals surface area contributed by atoms with Gasteiger partial charge in [-0.15, -0.1) is 5.10 Å². The van der Waals surface area contributed by atoms with E-state index in [2.05, 4.69) is 20.2 Å². The summed E-state index contributed by atoms with van der Waals surface area (Å²) in [5.41, 5.74) is 9.67. The Morgan fingerprint density at radius 3 is 2.60 bits per heavy atom. The Kier molecular flexibility index (Phi) is 4.24. The monoisotopic (exact) mass is 399 g/mol. The lowest BCUT2D eigenvalue weighted by molar-refractivity contribution is 0.564. The summed E-state index contributed by atoms with van der Waals surface area (Å²) in [5, 5.41) is 8.50. The average molecular weight is 399 g/mol. The van der Waals surface area contributed by atoms with Crippen molar-refractivity contribution in [1.82, 2.24) is 29.4 Å². The predicted octanol–water partition coefficient (Wildman–Crippen LogP) is 3.99. The van der Waals surface area contributed by atoms with E-state index in [4.69, 9.17) is 5.73 Å². The van der Waals surface area contributed by atoms with Crippen LogP contribution in [0.4, 0.5) is 10.3 Å². The van der Waals surface area contributed by atoms with Crippen molar-refractivity contribution in [3.63, 3.8) is 0 Å². The molecule has 4 heterocycles. The van der Waals surface area contributed by atoms with Crippen LogP contribution < -0.4 is 5.73 Å². The minimum atomic E-state index is -0.314. The summed E-state index contributed by atoms with van der Waals surface area (Å²) in [7, 11) is 0. The number of anilines is 1. The van der Waals surface area contributed by atoms with Gasteiger partial charge in [-0.2, -0.15) is 10.1 Å². The van der Waals surface area contributed by atoms with E-state index in [0.29, 0.717) is 27.9 Å². The number of nitrogen functional groups attached to an aromatic ring is 1. The molecule has 0 saturated carbocycles.